The van der Waals surface area contributed by atoms with Crippen LogP contribution in [0.15, 0.2) is 0 Å². The Balaban J connectivity index is 0.000000956. The van der Waals surface area contributed by atoms with Gasteiger partial charge in [0.1, 0.15) is 0 Å². The molecule has 0 amide bonds. The van der Waals surface area contributed by atoms with Gasteiger partial charge in [-0.2, -0.15) is 13.2 Å². The van der Waals surface area contributed by atoms with Crippen LogP contribution in [0.4, 0.5) is 13.2 Å². The summed E-state index contributed by atoms with van der Waals surface area (Å²) in [5.41, 5.74) is 0. The maximum Gasteiger partial charge on any atom is 0.401 e. The molecule has 0 aromatic rings. The largest absolute Gasteiger partial charge is 0.401 e. The highest BCUT2D eigenvalue weighted by molar-refractivity contribution is 7.77. The molecule has 6 heteroatoms. The van der Waals surface area contributed by atoms with E-state index in [-0.39, 0.29) is 12.1 Å². The maximum absolute atomic E-state index is 12.7. The number of hydrogen-bond donors (Lipinski definition) is 1. The number of nitrogens with zero attached hydrogens (tertiary/aromatic N) is 2. The summed E-state index contributed by atoms with van der Waals surface area (Å²) in [5, 5.41) is 0. The van der Waals surface area contributed by atoms with Crippen LogP contribution in [0, 0.1) is 5.92 Å². The zero-order chi connectivity index (χ0) is 15.3. The fraction of sp³-hybridized carbons (Fsp3) is 1.00. The van der Waals surface area contributed by atoms with E-state index in [1.54, 1.807) is 9.21 Å². The van der Waals surface area contributed by atoms with Gasteiger partial charge in [0.05, 0.1) is 6.54 Å². The van der Waals surface area contributed by atoms with Crippen LogP contribution in [0.2, 0.25) is 0 Å². The second kappa shape index (κ2) is 7.90. The van der Waals surface area contributed by atoms with Crippen molar-refractivity contribution in [2.75, 3.05) is 19.6 Å². The van der Waals surface area contributed by atoms with Gasteiger partial charge >= 0.3 is 6.18 Å². The molecule has 0 radical (unpaired) electrons. The van der Waals surface area contributed by atoms with Crippen molar-refractivity contribution in [1.29, 1.82) is 0 Å². The van der Waals surface area contributed by atoms with Crippen LogP contribution in [-0.2, 0) is 0 Å². The Morgan fingerprint density at radius 2 is 1.55 bits per heavy atom. The molecular weight excluding hydrogens is 285 g/mol. The number of halogens is 3. The summed E-state index contributed by atoms with van der Waals surface area (Å²) in [5.74, 6) is 0.664. The fourth-order valence-electron chi connectivity index (χ4n) is 2.98. The molecule has 0 unspecified atom stereocenters. The van der Waals surface area contributed by atoms with Gasteiger partial charge in [0, 0.05) is 25.2 Å². The highest BCUT2D eigenvalue weighted by Crippen LogP contribution is 2.32. The van der Waals surface area contributed by atoms with Crippen molar-refractivity contribution in [3.05, 3.63) is 0 Å². The molecule has 1 aliphatic carbocycles. The summed E-state index contributed by atoms with van der Waals surface area (Å²) in [6.07, 6.45) is -0.187. The second-order valence-corrected chi connectivity index (χ2v) is 6.29. The van der Waals surface area contributed by atoms with Crippen LogP contribution in [0.25, 0.3) is 0 Å². The van der Waals surface area contributed by atoms with E-state index in [1.165, 1.54) is 0 Å². The first-order valence-electron chi connectivity index (χ1n) is 7.61. The zero-order valence-corrected chi connectivity index (χ0v) is 13.6. The topological polar surface area (TPSA) is 6.48 Å². The molecule has 1 aliphatic heterocycles. The second-order valence-electron chi connectivity index (χ2n) is 5.73. The van der Waals surface area contributed by atoms with Crippen molar-refractivity contribution in [2.45, 2.75) is 64.7 Å². The van der Waals surface area contributed by atoms with Gasteiger partial charge in [-0.3, -0.25) is 9.21 Å². The van der Waals surface area contributed by atoms with E-state index < -0.39 is 12.7 Å². The zero-order valence-electron chi connectivity index (χ0n) is 12.7. The fourth-order valence-corrected chi connectivity index (χ4v) is 3.36. The molecule has 0 N–H and O–H groups in total. The number of rotatable bonds is 3. The summed E-state index contributed by atoms with van der Waals surface area (Å²) < 4.78 is 39.8. The van der Waals surface area contributed by atoms with E-state index in [2.05, 4.69) is 19.7 Å². The van der Waals surface area contributed by atoms with Gasteiger partial charge in [-0.1, -0.05) is 33.6 Å². The molecule has 20 heavy (non-hydrogen) atoms. The lowest BCUT2D eigenvalue weighted by atomic mass is 9.85. The van der Waals surface area contributed by atoms with Gasteiger partial charge in [0.2, 0.25) is 0 Å². The molecule has 0 spiro atoms. The third-order valence-corrected chi connectivity index (χ3v) is 4.45. The van der Waals surface area contributed by atoms with Gasteiger partial charge in [-0.05, 0) is 31.6 Å². The normalized spacial score (nSPS) is 28.8. The lowest BCUT2D eigenvalue weighted by Gasteiger charge is -2.47. The number of alkyl halides is 3. The van der Waals surface area contributed by atoms with Crippen LogP contribution in [0.3, 0.4) is 0 Å². The molecule has 1 heterocycles. The maximum atomic E-state index is 12.7. The van der Waals surface area contributed by atoms with Crippen molar-refractivity contribution >= 4 is 12.8 Å². The van der Waals surface area contributed by atoms with E-state index in [4.69, 9.17) is 0 Å². The molecule has 0 bridgehead atoms. The van der Waals surface area contributed by atoms with Gasteiger partial charge in [-0.25, -0.2) is 0 Å². The molecule has 0 aromatic carbocycles. The summed E-state index contributed by atoms with van der Waals surface area (Å²) in [6.45, 7) is 6.71. The summed E-state index contributed by atoms with van der Waals surface area (Å²) >= 11 is 4.15. The molecule has 2 aliphatic rings. The van der Waals surface area contributed by atoms with Crippen molar-refractivity contribution in [3.63, 3.8) is 0 Å². The summed E-state index contributed by atoms with van der Waals surface area (Å²) in [7, 11) is 0. The minimum atomic E-state index is -4.10. The average molecular weight is 312 g/mol. The minimum Gasteiger partial charge on any atom is -0.286 e. The third-order valence-electron chi connectivity index (χ3n) is 4.13. The van der Waals surface area contributed by atoms with Crippen LogP contribution in [0.1, 0.15) is 46.5 Å². The quantitative estimate of drug-likeness (QED) is 0.787. The molecule has 2 fully saturated rings. The van der Waals surface area contributed by atoms with E-state index in [0.717, 1.165) is 25.7 Å². The van der Waals surface area contributed by atoms with Gasteiger partial charge < -0.3 is 0 Å². The molecule has 1 saturated carbocycles. The van der Waals surface area contributed by atoms with Gasteiger partial charge in [0.25, 0.3) is 0 Å². The van der Waals surface area contributed by atoms with Crippen LogP contribution < -0.4 is 0 Å². The van der Waals surface area contributed by atoms with E-state index in [9.17, 15) is 13.2 Å². The van der Waals surface area contributed by atoms with Crippen LogP contribution in [-0.4, -0.2) is 47.1 Å². The van der Waals surface area contributed by atoms with E-state index in [1.807, 2.05) is 13.8 Å². The molecular formula is C14H27F3N2S. The third kappa shape index (κ3) is 5.45. The Morgan fingerprint density at radius 3 is 1.95 bits per heavy atom. The Morgan fingerprint density at radius 1 is 1.05 bits per heavy atom. The minimum absolute atomic E-state index is 0.0301. The Labute approximate surface area is 126 Å². The smallest absolute Gasteiger partial charge is 0.286 e. The predicted molar refractivity (Wildman–Crippen MR) is 79.9 cm³/mol. The number of hydrogen-bond acceptors (Lipinski definition) is 3. The lowest BCUT2D eigenvalue weighted by molar-refractivity contribution is -0.163. The highest BCUT2D eigenvalue weighted by Gasteiger charge is 2.41. The van der Waals surface area contributed by atoms with Crippen molar-refractivity contribution in [1.82, 2.24) is 9.21 Å². The van der Waals surface area contributed by atoms with Gasteiger partial charge in [0.15, 0.2) is 0 Å². The van der Waals surface area contributed by atoms with Crippen molar-refractivity contribution < 1.29 is 13.2 Å². The first-order valence-corrected chi connectivity index (χ1v) is 8.01. The standard InChI is InChI=1S/C12H21F3N2S.C2H6/c1-9-2-4-10(5-3-9)17(8-12(13,14)15)11-6-16(18)7-11;1-2/h9-11,18H,2-8H2,1H3;1-2H3. The molecule has 0 atom stereocenters. The Bertz CT molecular complexity index is 272. The van der Waals surface area contributed by atoms with Crippen LogP contribution >= 0.6 is 12.8 Å². The van der Waals surface area contributed by atoms with E-state index in [0.29, 0.717) is 19.0 Å². The monoisotopic (exact) mass is 312 g/mol. The SMILES string of the molecule is CC.CC1CCC(N(CC(F)(F)F)C2CN(S)C2)CC1. The summed E-state index contributed by atoms with van der Waals surface area (Å²) in [6, 6.07) is 0.136. The lowest BCUT2D eigenvalue weighted by Crippen LogP contribution is -2.61. The Hall–Kier alpha value is 0.0600. The molecule has 2 nitrogen and oxygen atoms in total. The van der Waals surface area contributed by atoms with Crippen molar-refractivity contribution in [2.24, 2.45) is 5.92 Å². The van der Waals surface area contributed by atoms with Crippen LogP contribution in [0.5, 0.6) is 0 Å². The highest BCUT2D eigenvalue weighted by atomic mass is 32.1. The summed E-state index contributed by atoms with van der Waals surface area (Å²) in [4.78, 5) is 1.68. The first kappa shape index (κ1) is 18.1. The molecule has 1 saturated heterocycles. The molecule has 0 aromatic heterocycles. The Kier molecular flexibility index (Phi) is 7.15. The first-order chi connectivity index (χ1) is 9.35. The number of thiol groups is 1. The van der Waals surface area contributed by atoms with Gasteiger partial charge in [-0.15, -0.1) is 0 Å². The molecule has 2 rings (SSSR count). The predicted octanol–water partition coefficient (Wildman–Crippen LogP) is 3.98. The van der Waals surface area contributed by atoms with E-state index >= 15 is 0 Å². The van der Waals surface area contributed by atoms with Crippen molar-refractivity contribution in [3.8, 4) is 0 Å². The molecule has 120 valence electrons. The average Bonchev–Trinajstić information content (AvgIpc) is 2.35.